The second kappa shape index (κ2) is 21.1. The summed E-state index contributed by atoms with van der Waals surface area (Å²) in [5, 5.41) is 20.4. The molecule has 3 amide bonds. The van der Waals surface area contributed by atoms with Crippen molar-refractivity contribution < 1.29 is 51.3 Å². The van der Waals surface area contributed by atoms with Crippen molar-refractivity contribution in [3.63, 3.8) is 0 Å². The molecule has 0 spiro atoms. The molecule has 0 saturated carbocycles. The molecule has 6 fully saturated rings. The zero-order chi connectivity index (χ0) is 55.9. The number of aromatic hydroxyl groups is 1. The first-order chi connectivity index (χ1) is 39.2. The molecule has 0 radical (unpaired) electrons. The number of imide groups is 1. The van der Waals surface area contributed by atoms with Gasteiger partial charge >= 0.3 is 12.1 Å². The molecule has 10 heterocycles. The SMILES string of the molecule is CCc1c(F)ccc2cc(O)cc(-c3nc4c5c(nc(OC[C@@]67CCCN6[C@H](COC(=O)N6CCC(C(F)(F)C8CCN(c9ccc%10c(C%11CCC(=O)NC%11=O)nn(C)c%10c9)CC8)CC6)CC7)nc5c3F)N3CCCOC[C@@H]3CC4)c12. The van der Waals surface area contributed by atoms with Crippen LogP contribution in [0, 0.1) is 23.5 Å². The lowest BCUT2D eigenvalue weighted by atomic mass is 9.79. The van der Waals surface area contributed by atoms with Crippen LogP contribution in [-0.4, -0.2) is 147 Å². The van der Waals surface area contributed by atoms with Gasteiger partial charge in [-0.1, -0.05) is 13.0 Å². The highest BCUT2D eigenvalue weighted by molar-refractivity contribution is 6.04. The minimum Gasteiger partial charge on any atom is -0.508 e. The summed E-state index contributed by atoms with van der Waals surface area (Å²) in [5.41, 5.74) is 3.25. The quantitative estimate of drug-likeness (QED) is 0.0926. The van der Waals surface area contributed by atoms with Crippen LogP contribution >= 0.6 is 0 Å². The lowest BCUT2D eigenvalue weighted by Gasteiger charge is -2.42. The Morgan fingerprint density at radius 2 is 1.69 bits per heavy atom. The van der Waals surface area contributed by atoms with Crippen LogP contribution in [0.2, 0.25) is 0 Å². The van der Waals surface area contributed by atoms with E-state index >= 15 is 17.6 Å². The number of hydrogen-bond donors (Lipinski definition) is 2. The fourth-order valence-corrected chi connectivity index (χ4v) is 14.8. The number of hydrogen-bond acceptors (Lipinski definition) is 14. The van der Waals surface area contributed by atoms with E-state index in [1.165, 1.54) is 12.1 Å². The van der Waals surface area contributed by atoms with Gasteiger partial charge in [0.25, 0.3) is 5.92 Å². The zero-order valence-electron chi connectivity index (χ0n) is 45.8. The lowest BCUT2D eigenvalue weighted by molar-refractivity contribution is -0.134. The summed E-state index contributed by atoms with van der Waals surface area (Å²) < 4.78 is 86.0. The monoisotopic (exact) mass is 1120 g/mol. The molecular weight excluding hydrogens is 1050 g/mol. The standard InChI is InChI=1S/C60H68F4N10O7/c1-3-41-45(61)11-6-34-28-40(75)30-44(49(34)41)53-51(62)54-50-46(65-53)12-8-38-31-79-27-5-21-73(38)55(50)68-57(67-54)81-33-59-19-4-22-74(59)39(14-20-59)32-80-58(78)72-25-17-36(18-26-72)60(63,64)35-15-23-71(24-16-35)37-7-9-42-47(29-37)70(2)69-52(42)43-10-13-48(76)66-56(43)77/h6-7,9,11,28-30,35-36,38-39,43,75H,3-5,8,10,12-27,31-33H2,1-2H3,(H,66,76,77)/t38-,39-,43?,59-/m0/s1. The Bertz CT molecular complexity index is 3480. The maximum absolute atomic E-state index is 17.6. The van der Waals surface area contributed by atoms with Crippen LogP contribution in [-0.2, 0) is 39.0 Å². The van der Waals surface area contributed by atoms with Gasteiger partial charge < -0.3 is 34.0 Å². The van der Waals surface area contributed by atoms with Crippen LogP contribution in [0.4, 0.5) is 33.9 Å². The number of rotatable bonds is 11. The van der Waals surface area contributed by atoms with Crippen LogP contribution < -0.4 is 19.9 Å². The van der Waals surface area contributed by atoms with Gasteiger partial charge in [-0.05, 0) is 143 Å². The van der Waals surface area contributed by atoms with Crippen molar-refractivity contribution >= 4 is 62.0 Å². The fraction of sp³-hybridized carbons (Fsp3) is 0.550. The molecule has 21 heteroatoms. The topological polar surface area (TPSA) is 181 Å². The fourth-order valence-electron chi connectivity index (χ4n) is 14.8. The van der Waals surface area contributed by atoms with Gasteiger partial charge in [-0.3, -0.25) is 24.5 Å². The van der Waals surface area contributed by atoms with Gasteiger partial charge in [0.2, 0.25) is 11.8 Å². The molecule has 81 heavy (non-hydrogen) atoms. The van der Waals surface area contributed by atoms with Gasteiger partial charge in [-0.25, -0.2) is 27.3 Å². The van der Waals surface area contributed by atoms with Crippen molar-refractivity contribution in [1.82, 2.24) is 39.8 Å². The average Bonchev–Trinajstić information content (AvgIpc) is 4.08. The number of anilines is 2. The third-order valence-electron chi connectivity index (χ3n) is 19.0. The molecule has 1 unspecified atom stereocenters. The summed E-state index contributed by atoms with van der Waals surface area (Å²) in [4.78, 5) is 61.1. The van der Waals surface area contributed by atoms with Crippen LogP contribution in [0.1, 0.15) is 107 Å². The molecule has 17 nitrogen and oxygen atoms in total. The first-order valence-electron chi connectivity index (χ1n) is 29.1. The Hall–Kier alpha value is -6.87. The van der Waals surface area contributed by atoms with Crippen molar-refractivity contribution in [1.29, 1.82) is 0 Å². The first kappa shape index (κ1) is 53.4. The Balaban J connectivity index is 0.650. The molecule has 0 bridgehead atoms. The number of nitrogens with one attached hydrogen (secondary N) is 1. The number of carbonyl (C=O) groups excluding carboxylic acids is 3. The van der Waals surface area contributed by atoms with Gasteiger partial charge in [-0.15, -0.1) is 0 Å². The van der Waals surface area contributed by atoms with Crippen molar-refractivity contribution in [3.8, 4) is 23.0 Å². The highest BCUT2D eigenvalue weighted by Gasteiger charge is 2.52. The van der Waals surface area contributed by atoms with E-state index in [2.05, 4.69) is 25.1 Å². The number of amides is 3. The molecule has 428 valence electrons. The van der Waals surface area contributed by atoms with Crippen LogP contribution in [0.25, 0.3) is 43.8 Å². The number of benzene rings is 3. The second-order valence-corrected chi connectivity index (χ2v) is 23.6. The van der Waals surface area contributed by atoms with E-state index in [0.717, 1.165) is 55.2 Å². The van der Waals surface area contributed by atoms with Crippen molar-refractivity contribution in [2.24, 2.45) is 18.9 Å². The molecule has 3 aromatic heterocycles. The lowest BCUT2D eigenvalue weighted by Crippen LogP contribution is -2.50. The van der Waals surface area contributed by atoms with E-state index in [1.54, 1.807) is 21.7 Å². The van der Waals surface area contributed by atoms with Gasteiger partial charge in [0, 0.05) is 87.3 Å². The minimum absolute atomic E-state index is 0.0190. The zero-order valence-corrected chi connectivity index (χ0v) is 45.8. The summed E-state index contributed by atoms with van der Waals surface area (Å²) in [6, 6.07) is 11.7. The number of fused-ring (bicyclic) bond motifs is 5. The molecule has 4 atom stereocenters. The average molecular weight is 1120 g/mol. The van der Waals surface area contributed by atoms with E-state index in [-0.39, 0.29) is 98.0 Å². The number of halogens is 4. The number of alkyl halides is 2. The van der Waals surface area contributed by atoms with Crippen LogP contribution in [0.5, 0.6) is 11.8 Å². The van der Waals surface area contributed by atoms with Gasteiger partial charge in [-0.2, -0.15) is 15.1 Å². The molecule has 2 N–H and O–H groups in total. The van der Waals surface area contributed by atoms with E-state index in [1.807, 2.05) is 32.2 Å². The van der Waals surface area contributed by atoms with Crippen molar-refractivity contribution in [2.75, 3.05) is 75.5 Å². The number of carbonyl (C=O) groups is 3. The van der Waals surface area contributed by atoms with Crippen LogP contribution in [0.3, 0.4) is 0 Å². The number of aromatic nitrogens is 5. The number of aryl methyl sites for hydroxylation is 3. The highest BCUT2D eigenvalue weighted by Crippen LogP contribution is 2.47. The molecule has 6 saturated heterocycles. The Morgan fingerprint density at radius 3 is 2.48 bits per heavy atom. The number of phenols is 1. The number of pyridine rings is 1. The molecular formula is C60H68F4N10O7. The number of phenolic OH excluding ortho intramolecular Hbond substituents is 1. The van der Waals surface area contributed by atoms with Gasteiger partial charge in [0.1, 0.15) is 41.8 Å². The largest absolute Gasteiger partial charge is 0.508 e. The van der Waals surface area contributed by atoms with Crippen LogP contribution in [0.15, 0.2) is 42.5 Å². The summed E-state index contributed by atoms with van der Waals surface area (Å²) in [6.07, 6.45) is 6.67. The second-order valence-electron chi connectivity index (χ2n) is 23.6. The maximum Gasteiger partial charge on any atom is 0.409 e. The number of nitrogens with zero attached hydrogens (tertiary/aromatic N) is 9. The third-order valence-corrected chi connectivity index (χ3v) is 19.0. The van der Waals surface area contributed by atoms with Gasteiger partial charge in [0.15, 0.2) is 5.82 Å². The van der Waals surface area contributed by atoms with E-state index < -0.39 is 46.9 Å². The predicted molar refractivity (Wildman–Crippen MR) is 295 cm³/mol. The molecule has 0 aliphatic carbocycles. The summed E-state index contributed by atoms with van der Waals surface area (Å²) in [6.45, 7) is 5.98. The first-order valence-corrected chi connectivity index (χ1v) is 29.1. The Labute approximate surface area is 466 Å². The Morgan fingerprint density at radius 1 is 0.889 bits per heavy atom. The van der Waals surface area contributed by atoms with Crippen molar-refractivity contribution in [3.05, 3.63) is 71.1 Å². The predicted octanol–water partition coefficient (Wildman–Crippen LogP) is 9.12. The molecule has 7 aliphatic heterocycles. The normalized spacial score (nSPS) is 24.2. The third kappa shape index (κ3) is 9.52. The smallest absolute Gasteiger partial charge is 0.409 e. The summed E-state index contributed by atoms with van der Waals surface area (Å²) >= 11 is 0. The number of piperidine rings is 3. The van der Waals surface area contributed by atoms with E-state index in [4.69, 9.17) is 29.2 Å². The highest BCUT2D eigenvalue weighted by atomic mass is 19.3. The van der Waals surface area contributed by atoms with E-state index in [0.29, 0.717) is 110 Å². The Kier molecular flexibility index (Phi) is 14.0. The molecule has 6 aromatic rings. The molecule has 13 rings (SSSR count). The number of likely N-dealkylation sites (tertiary alicyclic amines) is 1. The van der Waals surface area contributed by atoms with Gasteiger partial charge in [0.05, 0.1) is 46.4 Å². The van der Waals surface area contributed by atoms with Crippen molar-refractivity contribution in [2.45, 2.75) is 126 Å². The molecule has 7 aliphatic rings. The summed E-state index contributed by atoms with van der Waals surface area (Å²) in [7, 11) is 1.82. The summed E-state index contributed by atoms with van der Waals surface area (Å²) in [5.74, 6) is -6.37. The maximum atomic E-state index is 17.6. The molecule has 3 aromatic carbocycles. The van der Waals surface area contributed by atoms with E-state index in [9.17, 15) is 19.5 Å². The number of ether oxygens (including phenoxy) is 3. The minimum atomic E-state index is -2.89.